The van der Waals surface area contributed by atoms with Crippen molar-refractivity contribution in [2.75, 3.05) is 12.8 Å². The Bertz CT molecular complexity index is 391. The molecule has 19 heavy (non-hydrogen) atoms. The monoisotopic (exact) mass is 284 g/mol. The number of furan rings is 1. The molecule has 0 fully saturated rings. The first-order valence-corrected chi connectivity index (χ1v) is 8.00. The van der Waals surface area contributed by atoms with E-state index in [9.17, 15) is 4.79 Å². The Morgan fingerprint density at radius 3 is 2.63 bits per heavy atom. The molecule has 0 saturated carbocycles. The highest BCUT2D eigenvalue weighted by atomic mass is 32.2. The minimum Gasteiger partial charge on any atom is -0.464 e. The van der Waals surface area contributed by atoms with Crippen molar-refractivity contribution < 1.29 is 9.21 Å². The van der Waals surface area contributed by atoms with Crippen molar-refractivity contribution in [1.82, 2.24) is 10.6 Å². The average molecular weight is 284 g/mol. The highest BCUT2D eigenvalue weighted by Crippen LogP contribution is 2.13. The fourth-order valence-corrected chi connectivity index (χ4v) is 1.98. The second-order valence-corrected chi connectivity index (χ2v) is 5.91. The zero-order valence-corrected chi connectivity index (χ0v) is 13.0. The Hall–Kier alpha value is -0.940. The Kier molecular flexibility index (Phi) is 7.02. The molecule has 2 N–H and O–H groups in total. The summed E-state index contributed by atoms with van der Waals surface area (Å²) in [5, 5.41) is 6.07. The molecule has 1 unspecified atom stereocenters. The highest BCUT2D eigenvalue weighted by Gasteiger charge is 2.12. The highest BCUT2D eigenvalue weighted by molar-refractivity contribution is 7.97. The van der Waals surface area contributed by atoms with Crippen LogP contribution in [0.1, 0.15) is 32.3 Å². The van der Waals surface area contributed by atoms with Crippen molar-refractivity contribution in [3.8, 4) is 0 Å². The third-order valence-corrected chi connectivity index (χ3v) is 3.24. The molecule has 0 aliphatic rings. The van der Waals surface area contributed by atoms with E-state index in [4.69, 9.17) is 4.42 Å². The maximum Gasteiger partial charge on any atom is 0.236 e. The molecule has 0 aromatic carbocycles. The molecule has 1 atom stereocenters. The van der Waals surface area contributed by atoms with Gasteiger partial charge in [-0.05, 0) is 31.2 Å². The molecular weight excluding hydrogens is 260 g/mol. The fourth-order valence-electron chi connectivity index (χ4n) is 1.54. The molecule has 1 rings (SSSR count). The van der Waals surface area contributed by atoms with Gasteiger partial charge in [-0.3, -0.25) is 10.1 Å². The van der Waals surface area contributed by atoms with E-state index in [-0.39, 0.29) is 11.9 Å². The van der Waals surface area contributed by atoms with E-state index in [1.165, 1.54) is 0 Å². The van der Waals surface area contributed by atoms with Gasteiger partial charge in [0.2, 0.25) is 5.91 Å². The van der Waals surface area contributed by atoms with E-state index >= 15 is 0 Å². The van der Waals surface area contributed by atoms with Crippen LogP contribution in [0.3, 0.4) is 0 Å². The predicted molar refractivity (Wildman–Crippen MR) is 80.1 cm³/mol. The molecule has 1 heterocycles. The molecule has 5 heteroatoms. The van der Waals surface area contributed by atoms with Gasteiger partial charge >= 0.3 is 0 Å². The Balaban J connectivity index is 2.32. The maximum absolute atomic E-state index is 11.8. The second kappa shape index (κ2) is 8.27. The van der Waals surface area contributed by atoms with Crippen molar-refractivity contribution >= 4 is 17.7 Å². The van der Waals surface area contributed by atoms with E-state index in [0.29, 0.717) is 19.0 Å². The van der Waals surface area contributed by atoms with Crippen LogP contribution in [0.25, 0.3) is 0 Å². The van der Waals surface area contributed by atoms with Crippen LogP contribution in [0.4, 0.5) is 0 Å². The van der Waals surface area contributed by atoms with Gasteiger partial charge in [0.15, 0.2) is 0 Å². The van der Waals surface area contributed by atoms with Crippen molar-refractivity contribution in [3.05, 3.63) is 23.7 Å². The van der Waals surface area contributed by atoms with Crippen molar-refractivity contribution in [2.45, 2.75) is 39.1 Å². The zero-order valence-electron chi connectivity index (χ0n) is 12.2. The van der Waals surface area contributed by atoms with Gasteiger partial charge in [0.1, 0.15) is 11.5 Å². The van der Waals surface area contributed by atoms with Crippen LogP contribution in [0, 0.1) is 5.92 Å². The van der Waals surface area contributed by atoms with E-state index in [1.54, 1.807) is 11.8 Å². The van der Waals surface area contributed by atoms with Crippen molar-refractivity contribution in [1.29, 1.82) is 0 Å². The molecule has 1 aromatic heterocycles. The summed E-state index contributed by atoms with van der Waals surface area (Å²) in [5.41, 5.74) is 0. The number of amides is 1. The van der Waals surface area contributed by atoms with Crippen LogP contribution in [0.5, 0.6) is 0 Å². The standard InChI is InChI=1S/C14H24N2O2S/c1-10(2)7-16-14(17)11(3)15-8-12-5-6-13(18-12)9-19-4/h5-6,10-11,15H,7-9H2,1-4H3,(H,16,17). The second-order valence-electron chi connectivity index (χ2n) is 5.04. The van der Waals surface area contributed by atoms with Crippen molar-refractivity contribution in [2.24, 2.45) is 5.92 Å². The summed E-state index contributed by atoms with van der Waals surface area (Å²) in [5.74, 6) is 3.22. The lowest BCUT2D eigenvalue weighted by Crippen LogP contribution is -2.42. The molecule has 4 nitrogen and oxygen atoms in total. The van der Waals surface area contributed by atoms with Gasteiger partial charge < -0.3 is 9.73 Å². The third-order valence-electron chi connectivity index (χ3n) is 2.66. The smallest absolute Gasteiger partial charge is 0.236 e. The van der Waals surface area contributed by atoms with Crippen LogP contribution in [0.2, 0.25) is 0 Å². The molecule has 108 valence electrons. The Morgan fingerprint density at radius 2 is 2.00 bits per heavy atom. The summed E-state index contributed by atoms with van der Waals surface area (Å²) in [6.45, 7) is 7.30. The molecule has 0 aliphatic carbocycles. The number of thioether (sulfide) groups is 1. The van der Waals surface area contributed by atoms with Crippen LogP contribution >= 0.6 is 11.8 Å². The van der Waals surface area contributed by atoms with Gasteiger partial charge in [-0.25, -0.2) is 0 Å². The normalized spacial score (nSPS) is 12.7. The quantitative estimate of drug-likeness (QED) is 0.769. The van der Waals surface area contributed by atoms with E-state index in [0.717, 1.165) is 17.3 Å². The molecule has 1 amide bonds. The van der Waals surface area contributed by atoms with E-state index in [2.05, 4.69) is 24.5 Å². The first-order valence-electron chi connectivity index (χ1n) is 6.60. The number of carbonyl (C=O) groups excluding carboxylic acids is 1. The number of hydrogen-bond acceptors (Lipinski definition) is 4. The molecule has 1 aromatic rings. The minimum absolute atomic E-state index is 0.0320. The predicted octanol–water partition coefficient (Wildman–Crippen LogP) is 2.39. The van der Waals surface area contributed by atoms with Gasteiger partial charge in [-0.1, -0.05) is 13.8 Å². The van der Waals surface area contributed by atoms with Gasteiger partial charge in [-0.15, -0.1) is 0 Å². The van der Waals surface area contributed by atoms with Crippen molar-refractivity contribution in [3.63, 3.8) is 0 Å². The Morgan fingerprint density at radius 1 is 1.32 bits per heavy atom. The summed E-state index contributed by atoms with van der Waals surface area (Å²) >= 11 is 1.73. The van der Waals surface area contributed by atoms with Gasteiger partial charge in [0.25, 0.3) is 0 Å². The molecule has 0 aliphatic heterocycles. The van der Waals surface area contributed by atoms with E-state index in [1.807, 2.05) is 25.3 Å². The van der Waals surface area contributed by atoms with Crippen LogP contribution in [-0.4, -0.2) is 24.7 Å². The molecular formula is C14H24N2O2S. The third kappa shape index (κ3) is 6.16. The zero-order chi connectivity index (χ0) is 14.3. The first-order chi connectivity index (χ1) is 9.02. The number of rotatable bonds is 8. The van der Waals surface area contributed by atoms with Crippen LogP contribution < -0.4 is 10.6 Å². The molecule has 0 bridgehead atoms. The molecule has 0 spiro atoms. The van der Waals surface area contributed by atoms with Gasteiger partial charge in [0, 0.05) is 6.54 Å². The number of hydrogen-bond donors (Lipinski definition) is 2. The minimum atomic E-state index is -0.215. The van der Waals surface area contributed by atoms with Crippen LogP contribution in [-0.2, 0) is 17.1 Å². The van der Waals surface area contributed by atoms with Crippen LogP contribution in [0.15, 0.2) is 16.5 Å². The summed E-state index contributed by atoms with van der Waals surface area (Å²) in [4.78, 5) is 11.8. The summed E-state index contributed by atoms with van der Waals surface area (Å²) in [6, 6.07) is 3.72. The average Bonchev–Trinajstić information content (AvgIpc) is 2.81. The fraction of sp³-hybridized carbons (Fsp3) is 0.643. The summed E-state index contributed by atoms with van der Waals surface area (Å²) in [7, 11) is 0. The SMILES string of the molecule is CSCc1ccc(CNC(C)C(=O)NCC(C)C)o1. The summed E-state index contributed by atoms with van der Waals surface area (Å²) in [6.07, 6.45) is 2.04. The lowest BCUT2D eigenvalue weighted by molar-refractivity contribution is -0.122. The lowest BCUT2D eigenvalue weighted by atomic mass is 10.2. The topological polar surface area (TPSA) is 54.3 Å². The molecule has 0 radical (unpaired) electrons. The largest absolute Gasteiger partial charge is 0.464 e. The van der Waals surface area contributed by atoms with E-state index < -0.39 is 0 Å². The maximum atomic E-state index is 11.8. The van der Waals surface area contributed by atoms with Gasteiger partial charge in [-0.2, -0.15) is 11.8 Å². The molecule has 0 saturated heterocycles. The van der Waals surface area contributed by atoms with Gasteiger partial charge in [0.05, 0.1) is 18.3 Å². The Labute approximate surface area is 119 Å². The number of carbonyl (C=O) groups is 1. The first kappa shape index (κ1) is 16.1. The lowest BCUT2D eigenvalue weighted by Gasteiger charge is -2.14. The number of nitrogens with one attached hydrogen (secondary N) is 2. The summed E-state index contributed by atoms with van der Waals surface area (Å²) < 4.78 is 5.64.